The molecule has 1 aromatic carbocycles. The van der Waals surface area contributed by atoms with Crippen LogP contribution in [0.1, 0.15) is 12.8 Å². The monoisotopic (exact) mass is 490 g/mol. The standard InChI is InChI=1S/C22H30N6O5S/c1-26(15-17-6-8-27(9-7-17)22(29)30)21-14-20(23-16-24-21)25-18-2-4-19(5-3-18)34(31,32)28-10-12-33-13-11-28/h2-5,14,16-17H,6-13,15H2,1H3,(H,29,30)(H,23,24,25). The summed E-state index contributed by atoms with van der Waals surface area (Å²) in [6.07, 6.45) is 2.28. The van der Waals surface area contributed by atoms with Gasteiger partial charge in [-0.05, 0) is 43.0 Å². The number of carbonyl (C=O) groups is 1. The van der Waals surface area contributed by atoms with E-state index in [0.29, 0.717) is 56.8 Å². The summed E-state index contributed by atoms with van der Waals surface area (Å²) in [6, 6.07) is 8.45. The zero-order valence-corrected chi connectivity index (χ0v) is 19.9. The SMILES string of the molecule is CN(CC1CCN(C(=O)O)CC1)c1cc(Nc2ccc(S(=O)(=O)N3CCOCC3)cc2)ncn1. The van der Waals surface area contributed by atoms with Crippen molar-refractivity contribution in [2.75, 3.05) is 63.2 Å². The van der Waals surface area contributed by atoms with E-state index in [2.05, 4.69) is 15.3 Å². The number of sulfonamides is 1. The molecule has 0 unspecified atom stereocenters. The van der Waals surface area contributed by atoms with Crippen molar-refractivity contribution in [3.63, 3.8) is 0 Å². The Hall–Kier alpha value is -2.96. The third-order valence-corrected chi connectivity index (χ3v) is 8.11. The van der Waals surface area contributed by atoms with Crippen LogP contribution in [0.5, 0.6) is 0 Å². The fraction of sp³-hybridized carbons (Fsp3) is 0.500. The molecule has 34 heavy (non-hydrogen) atoms. The number of morpholine rings is 1. The zero-order chi connectivity index (χ0) is 24.1. The Morgan fingerprint density at radius 2 is 1.82 bits per heavy atom. The fourth-order valence-corrected chi connectivity index (χ4v) is 5.61. The van der Waals surface area contributed by atoms with Crippen molar-refractivity contribution < 1.29 is 23.1 Å². The summed E-state index contributed by atoms with van der Waals surface area (Å²) < 4.78 is 32.3. The molecule has 4 rings (SSSR count). The maximum absolute atomic E-state index is 12.8. The fourth-order valence-electron chi connectivity index (χ4n) is 4.21. The first-order chi connectivity index (χ1) is 16.3. The molecule has 2 fully saturated rings. The van der Waals surface area contributed by atoms with Crippen LogP contribution in [0.25, 0.3) is 0 Å². The van der Waals surface area contributed by atoms with E-state index in [1.165, 1.54) is 15.5 Å². The Morgan fingerprint density at radius 3 is 2.47 bits per heavy atom. The molecule has 0 saturated carbocycles. The molecule has 1 aromatic heterocycles. The highest BCUT2D eigenvalue weighted by Crippen LogP contribution is 2.24. The quantitative estimate of drug-likeness (QED) is 0.599. The van der Waals surface area contributed by atoms with Gasteiger partial charge in [-0.2, -0.15) is 4.31 Å². The van der Waals surface area contributed by atoms with E-state index in [-0.39, 0.29) is 4.90 Å². The Bertz CT molecular complexity index is 1080. The van der Waals surface area contributed by atoms with Crippen LogP contribution in [-0.2, 0) is 14.8 Å². The molecular formula is C22H30N6O5S. The molecular weight excluding hydrogens is 460 g/mol. The third-order valence-electron chi connectivity index (χ3n) is 6.20. The Morgan fingerprint density at radius 1 is 1.15 bits per heavy atom. The van der Waals surface area contributed by atoms with Crippen LogP contribution in [-0.4, -0.2) is 91.8 Å². The maximum Gasteiger partial charge on any atom is 0.407 e. The number of hydrogen-bond donors (Lipinski definition) is 2. The molecule has 0 atom stereocenters. The van der Waals surface area contributed by atoms with E-state index >= 15 is 0 Å². The van der Waals surface area contributed by atoms with Gasteiger partial charge in [-0.3, -0.25) is 0 Å². The second-order valence-corrected chi connectivity index (χ2v) is 10.5. The lowest BCUT2D eigenvalue weighted by Gasteiger charge is -2.32. The summed E-state index contributed by atoms with van der Waals surface area (Å²) in [6.45, 7) is 3.42. The van der Waals surface area contributed by atoms with Crippen LogP contribution in [0.15, 0.2) is 41.6 Å². The predicted octanol–water partition coefficient (Wildman–Crippen LogP) is 2.07. The van der Waals surface area contributed by atoms with Gasteiger partial charge in [0.1, 0.15) is 18.0 Å². The first-order valence-corrected chi connectivity index (χ1v) is 12.7. The van der Waals surface area contributed by atoms with Crippen LogP contribution >= 0.6 is 0 Å². The number of piperidine rings is 1. The molecule has 2 aromatic rings. The number of carboxylic acid groups (broad SMARTS) is 1. The first kappa shape index (κ1) is 24.2. The smallest absolute Gasteiger partial charge is 0.407 e. The Kier molecular flexibility index (Phi) is 7.49. The third kappa shape index (κ3) is 5.75. The van der Waals surface area contributed by atoms with Crippen LogP contribution in [0.4, 0.5) is 22.1 Å². The number of benzene rings is 1. The van der Waals surface area contributed by atoms with E-state index in [1.807, 2.05) is 18.0 Å². The van der Waals surface area contributed by atoms with Gasteiger partial charge in [-0.15, -0.1) is 0 Å². The molecule has 3 heterocycles. The second-order valence-electron chi connectivity index (χ2n) is 8.52. The molecule has 0 aliphatic carbocycles. The molecule has 1 amide bonds. The average molecular weight is 491 g/mol. The summed E-state index contributed by atoms with van der Waals surface area (Å²) in [7, 11) is -1.58. The van der Waals surface area contributed by atoms with E-state index in [1.54, 1.807) is 24.3 Å². The Balaban J connectivity index is 1.36. The minimum absolute atomic E-state index is 0.247. The van der Waals surface area contributed by atoms with Crippen molar-refractivity contribution in [2.24, 2.45) is 5.92 Å². The molecule has 184 valence electrons. The lowest BCUT2D eigenvalue weighted by molar-refractivity contribution is 0.0730. The maximum atomic E-state index is 12.8. The molecule has 2 saturated heterocycles. The van der Waals surface area contributed by atoms with Crippen LogP contribution in [0.2, 0.25) is 0 Å². The average Bonchev–Trinajstić information content (AvgIpc) is 2.85. The number of nitrogens with one attached hydrogen (secondary N) is 1. The molecule has 0 radical (unpaired) electrons. The van der Waals surface area contributed by atoms with Crippen molar-refractivity contribution in [3.8, 4) is 0 Å². The van der Waals surface area contributed by atoms with E-state index in [0.717, 1.165) is 25.2 Å². The van der Waals surface area contributed by atoms with Crippen molar-refractivity contribution in [1.82, 2.24) is 19.2 Å². The summed E-state index contributed by atoms with van der Waals surface area (Å²) in [4.78, 5) is 23.5. The van der Waals surface area contributed by atoms with Gasteiger partial charge in [-0.1, -0.05) is 0 Å². The number of nitrogens with zero attached hydrogens (tertiary/aromatic N) is 5. The molecule has 0 bridgehead atoms. The molecule has 11 nitrogen and oxygen atoms in total. The highest BCUT2D eigenvalue weighted by molar-refractivity contribution is 7.89. The molecule has 2 aliphatic rings. The van der Waals surface area contributed by atoms with Crippen molar-refractivity contribution in [1.29, 1.82) is 0 Å². The molecule has 2 N–H and O–H groups in total. The number of likely N-dealkylation sites (tertiary alicyclic amines) is 1. The topological polar surface area (TPSA) is 128 Å². The minimum Gasteiger partial charge on any atom is -0.465 e. The predicted molar refractivity (Wildman–Crippen MR) is 127 cm³/mol. The molecule has 12 heteroatoms. The van der Waals surface area contributed by atoms with Gasteiger partial charge in [0, 0.05) is 51.5 Å². The van der Waals surface area contributed by atoms with Crippen LogP contribution in [0, 0.1) is 5.92 Å². The van der Waals surface area contributed by atoms with Gasteiger partial charge in [0.05, 0.1) is 18.1 Å². The highest BCUT2D eigenvalue weighted by atomic mass is 32.2. The minimum atomic E-state index is -3.53. The number of aromatic nitrogens is 2. The zero-order valence-electron chi connectivity index (χ0n) is 19.1. The molecule has 0 spiro atoms. The summed E-state index contributed by atoms with van der Waals surface area (Å²) in [5.41, 5.74) is 0.717. The van der Waals surface area contributed by atoms with E-state index < -0.39 is 16.1 Å². The number of ether oxygens (including phenoxy) is 1. The van der Waals surface area contributed by atoms with Crippen LogP contribution < -0.4 is 10.2 Å². The van der Waals surface area contributed by atoms with Gasteiger partial charge in [0.15, 0.2) is 0 Å². The lowest BCUT2D eigenvalue weighted by atomic mass is 9.96. The normalized spacial score (nSPS) is 18.0. The van der Waals surface area contributed by atoms with Gasteiger partial charge in [0.25, 0.3) is 0 Å². The summed E-state index contributed by atoms with van der Waals surface area (Å²) >= 11 is 0. The second kappa shape index (κ2) is 10.5. The van der Waals surface area contributed by atoms with Gasteiger partial charge >= 0.3 is 6.09 Å². The van der Waals surface area contributed by atoms with Gasteiger partial charge in [-0.25, -0.2) is 23.2 Å². The first-order valence-electron chi connectivity index (χ1n) is 11.3. The number of rotatable bonds is 7. The van der Waals surface area contributed by atoms with Crippen LogP contribution in [0.3, 0.4) is 0 Å². The largest absolute Gasteiger partial charge is 0.465 e. The van der Waals surface area contributed by atoms with E-state index in [4.69, 9.17) is 9.84 Å². The number of hydrogen-bond acceptors (Lipinski definition) is 8. The van der Waals surface area contributed by atoms with Crippen molar-refractivity contribution in [3.05, 3.63) is 36.7 Å². The Labute approximate surface area is 199 Å². The van der Waals surface area contributed by atoms with Gasteiger partial charge in [0.2, 0.25) is 10.0 Å². The van der Waals surface area contributed by atoms with Gasteiger partial charge < -0.3 is 25.0 Å². The summed E-state index contributed by atoms with van der Waals surface area (Å²) in [5, 5.41) is 12.3. The highest BCUT2D eigenvalue weighted by Gasteiger charge is 2.26. The number of anilines is 3. The van der Waals surface area contributed by atoms with Crippen molar-refractivity contribution in [2.45, 2.75) is 17.7 Å². The summed E-state index contributed by atoms with van der Waals surface area (Å²) in [5.74, 6) is 1.75. The van der Waals surface area contributed by atoms with E-state index in [9.17, 15) is 13.2 Å². The molecule has 2 aliphatic heterocycles. The number of amides is 1. The van der Waals surface area contributed by atoms with Crippen molar-refractivity contribution >= 4 is 33.4 Å². The lowest BCUT2D eigenvalue weighted by Crippen LogP contribution is -2.40.